The van der Waals surface area contributed by atoms with Gasteiger partial charge in [-0.1, -0.05) is 53.7 Å². The molecular formula is C22H18N4O3. The van der Waals surface area contributed by atoms with Gasteiger partial charge in [0.05, 0.1) is 6.42 Å². The Hall–Kier alpha value is -4.00. The highest BCUT2D eigenvalue weighted by atomic mass is 16.5. The predicted octanol–water partition coefficient (Wildman–Crippen LogP) is 4.47. The summed E-state index contributed by atoms with van der Waals surface area (Å²) in [5.74, 6) is 0.913. The summed E-state index contributed by atoms with van der Waals surface area (Å²) < 4.78 is 10.6. The fourth-order valence-corrected chi connectivity index (χ4v) is 2.77. The molecule has 7 nitrogen and oxygen atoms in total. The van der Waals surface area contributed by atoms with E-state index in [4.69, 9.17) is 9.26 Å². The lowest BCUT2D eigenvalue weighted by Gasteiger charge is -2.10. The third-order valence-electron chi connectivity index (χ3n) is 4.20. The summed E-state index contributed by atoms with van der Waals surface area (Å²) >= 11 is 0. The number of carbonyl (C=O) groups is 1. The number of hydrogen-bond donors (Lipinski definition) is 1. The molecule has 4 rings (SSSR count). The number of benzene rings is 2. The molecule has 0 aliphatic heterocycles. The number of rotatable bonds is 6. The first-order valence-electron chi connectivity index (χ1n) is 9.06. The molecule has 2 aromatic heterocycles. The summed E-state index contributed by atoms with van der Waals surface area (Å²) in [6, 6.07) is 20.6. The van der Waals surface area contributed by atoms with E-state index in [9.17, 15) is 4.79 Å². The van der Waals surface area contributed by atoms with Crippen LogP contribution in [-0.4, -0.2) is 21.2 Å². The van der Waals surface area contributed by atoms with Gasteiger partial charge in [0, 0.05) is 23.6 Å². The Labute approximate surface area is 167 Å². The smallest absolute Gasteiger partial charge is 0.411 e. The molecule has 0 aliphatic carbocycles. The van der Waals surface area contributed by atoms with Crippen molar-refractivity contribution in [2.75, 3.05) is 5.32 Å². The van der Waals surface area contributed by atoms with E-state index >= 15 is 0 Å². The highest BCUT2D eigenvalue weighted by Gasteiger charge is 2.13. The van der Waals surface area contributed by atoms with Gasteiger partial charge in [-0.3, -0.25) is 10.3 Å². The summed E-state index contributed by atoms with van der Waals surface area (Å²) in [6.45, 7) is 0.201. The van der Waals surface area contributed by atoms with Gasteiger partial charge in [0.1, 0.15) is 6.61 Å². The van der Waals surface area contributed by atoms with E-state index < -0.39 is 6.09 Å². The van der Waals surface area contributed by atoms with Gasteiger partial charge in [-0.15, -0.1) is 0 Å². The molecular weight excluding hydrogens is 368 g/mol. The number of pyridine rings is 1. The molecule has 2 aromatic carbocycles. The summed E-state index contributed by atoms with van der Waals surface area (Å²) in [5.41, 5.74) is 3.17. The zero-order valence-corrected chi connectivity index (χ0v) is 15.5. The second kappa shape index (κ2) is 8.79. The van der Waals surface area contributed by atoms with Crippen LogP contribution in [-0.2, 0) is 17.8 Å². The Balaban J connectivity index is 1.42. The normalized spacial score (nSPS) is 10.5. The molecule has 0 fully saturated rings. The van der Waals surface area contributed by atoms with E-state index in [1.165, 1.54) is 0 Å². The van der Waals surface area contributed by atoms with E-state index in [1.54, 1.807) is 18.5 Å². The van der Waals surface area contributed by atoms with Crippen LogP contribution in [0.4, 0.5) is 10.5 Å². The van der Waals surface area contributed by atoms with Crippen molar-refractivity contribution < 1.29 is 14.1 Å². The molecule has 0 bridgehead atoms. The van der Waals surface area contributed by atoms with Crippen molar-refractivity contribution in [3.05, 3.63) is 96.1 Å². The number of aromatic nitrogens is 3. The monoisotopic (exact) mass is 386 g/mol. The van der Waals surface area contributed by atoms with Gasteiger partial charge in [-0.05, 0) is 29.3 Å². The molecule has 0 spiro atoms. The van der Waals surface area contributed by atoms with E-state index in [-0.39, 0.29) is 6.61 Å². The molecule has 2 heterocycles. The van der Waals surface area contributed by atoms with E-state index in [0.29, 0.717) is 23.8 Å². The largest absolute Gasteiger partial charge is 0.444 e. The Morgan fingerprint density at radius 2 is 1.83 bits per heavy atom. The van der Waals surface area contributed by atoms with Crippen LogP contribution in [0.3, 0.4) is 0 Å². The minimum Gasteiger partial charge on any atom is -0.444 e. The first-order chi connectivity index (χ1) is 14.3. The molecule has 0 atom stereocenters. The molecule has 1 amide bonds. The van der Waals surface area contributed by atoms with Crippen molar-refractivity contribution in [2.24, 2.45) is 0 Å². The molecule has 144 valence electrons. The Morgan fingerprint density at radius 3 is 2.66 bits per heavy atom. The van der Waals surface area contributed by atoms with Crippen LogP contribution >= 0.6 is 0 Å². The topological polar surface area (TPSA) is 90.1 Å². The van der Waals surface area contributed by atoms with Crippen molar-refractivity contribution in [3.63, 3.8) is 0 Å². The summed E-state index contributed by atoms with van der Waals surface area (Å²) in [5, 5.41) is 6.78. The molecule has 7 heteroatoms. The third kappa shape index (κ3) is 4.84. The maximum absolute atomic E-state index is 12.2. The lowest BCUT2D eigenvalue weighted by Crippen LogP contribution is -2.14. The van der Waals surface area contributed by atoms with Gasteiger partial charge in [0.25, 0.3) is 0 Å². The zero-order chi connectivity index (χ0) is 19.9. The van der Waals surface area contributed by atoms with Crippen LogP contribution in [0.5, 0.6) is 0 Å². The SMILES string of the molecule is O=C(Nc1ccccc1Cc1nc(-c2cccnc2)no1)OCc1ccccc1. The highest BCUT2D eigenvalue weighted by Crippen LogP contribution is 2.21. The first-order valence-corrected chi connectivity index (χ1v) is 9.06. The fraction of sp³-hybridized carbons (Fsp3) is 0.0909. The van der Waals surface area contributed by atoms with Gasteiger partial charge < -0.3 is 9.26 Å². The number of nitrogens with one attached hydrogen (secondary N) is 1. The number of hydrogen-bond acceptors (Lipinski definition) is 6. The Kier molecular flexibility index (Phi) is 5.57. The number of nitrogens with zero attached hydrogens (tertiary/aromatic N) is 3. The Morgan fingerprint density at radius 1 is 1.00 bits per heavy atom. The van der Waals surface area contributed by atoms with Gasteiger partial charge >= 0.3 is 6.09 Å². The quantitative estimate of drug-likeness (QED) is 0.526. The molecule has 0 saturated heterocycles. The van der Waals surface area contributed by atoms with Crippen molar-refractivity contribution in [2.45, 2.75) is 13.0 Å². The van der Waals surface area contributed by atoms with Crippen molar-refractivity contribution in [1.82, 2.24) is 15.1 Å². The Bertz CT molecular complexity index is 1080. The third-order valence-corrected chi connectivity index (χ3v) is 4.20. The maximum Gasteiger partial charge on any atom is 0.411 e. The molecule has 0 saturated carbocycles. The van der Waals surface area contributed by atoms with Gasteiger partial charge in [-0.25, -0.2) is 4.79 Å². The number of para-hydroxylation sites is 1. The average Bonchev–Trinajstić information content (AvgIpc) is 3.24. The number of carbonyl (C=O) groups excluding carboxylic acids is 1. The molecule has 0 unspecified atom stereocenters. The van der Waals surface area contributed by atoms with Crippen LogP contribution < -0.4 is 5.32 Å². The van der Waals surface area contributed by atoms with Crippen LogP contribution in [0.1, 0.15) is 17.0 Å². The van der Waals surface area contributed by atoms with E-state index in [2.05, 4.69) is 20.4 Å². The fourth-order valence-electron chi connectivity index (χ4n) is 2.77. The van der Waals surface area contributed by atoms with Crippen LogP contribution in [0.25, 0.3) is 11.4 Å². The number of ether oxygens (including phenoxy) is 1. The van der Waals surface area contributed by atoms with Crippen LogP contribution in [0, 0.1) is 0 Å². The van der Waals surface area contributed by atoms with Gasteiger partial charge in [0.2, 0.25) is 11.7 Å². The number of anilines is 1. The van der Waals surface area contributed by atoms with Gasteiger partial charge in [-0.2, -0.15) is 4.98 Å². The number of amides is 1. The standard InChI is InChI=1S/C22H18N4O3/c27-22(28-15-16-7-2-1-3-8-16)24-19-11-5-4-9-17(19)13-20-25-21(26-29-20)18-10-6-12-23-14-18/h1-12,14H,13,15H2,(H,24,27). The van der Waals surface area contributed by atoms with Crippen LogP contribution in [0.15, 0.2) is 83.6 Å². The summed E-state index contributed by atoms with van der Waals surface area (Å²) in [4.78, 5) is 20.7. The minimum absolute atomic E-state index is 0.201. The minimum atomic E-state index is -0.525. The lowest BCUT2D eigenvalue weighted by atomic mass is 10.1. The average molecular weight is 386 g/mol. The molecule has 1 N–H and O–H groups in total. The second-order valence-corrected chi connectivity index (χ2v) is 6.27. The van der Waals surface area contributed by atoms with Crippen molar-refractivity contribution in [1.29, 1.82) is 0 Å². The molecule has 0 aliphatic rings. The van der Waals surface area contributed by atoms with Crippen molar-refractivity contribution in [3.8, 4) is 11.4 Å². The van der Waals surface area contributed by atoms with E-state index in [0.717, 1.165) is 16.7 Å². The predicted molar refractivity (Wildman–Crippen MR) is 107 cm³/mol. The molecule has 0 radical (unpaired) electrons. The van der Waals surface area contributed by atoms with Gasteiger partial charge in [0.15, 0.2) is 0 Å². The van der Waals surface area contributed by atoms with Crippen LogP contribution in [0.2, 0.25) is 0 Å². The molecule has 29 heavy (non-hydrogen) atoms. The zero-order valence-electron chi connectivity index (χ0n) is 15.5. The van der Waals surface area contributed by atoms with Crippen molar-refractivity contribution >= 4 is 11.8 Å². The summed E-state index contributed by atoms with van der Waals surface area (Å²) in [6.07, 6.45) is 3.21. The second-order valence-electron chi connectivity index (χ2n) is 6.27. The van der Waals surface area contributed by atoms with E-state index in [1.807, 2.05) is 60.7 Å². The lowest BCUT2D eigenvalue weighted by molar-refractivity contribution is 0.155. The first kappa shape index (κ1) is 18.4. The maximum atomic E-state index is 12.2. The molecule has 4 aromatic rings. The highest BCUT2D eigenvalue weighted by molar-refractivity contribution is 5.85. The summed E-state index contributed by atoms with van der Waals surface area (Å²) in [7, 11) is 0.